The van der Waals surface area contributed by atoms with E-state index >= 15 is 0 Å². The van der Waals surface area contributed by atoms with Crippen molar-refractivity contribution in [3.8, 4) is 0 Å². The van der Waals surface area contributed by atoms with Crippen LogP contribution >= 0.6 is 23.2 Å². The number of hydrogen-bond acceptors (Lipinski definition) is 3. The number of hydrogen-bond donors (Lipinski definition) is 0. The molecule has 0 spiro atoms. The lowest BCUT2D eigenvalue weighted by Crippen LogP contribution is -2.31. The van der Waals surface area contributed by atoms with E-state index in [2.05, 4.69) is 0 Å². The Morgan fingerprint density at radius 1 is 0.852 bits per heavy atom. The lowest BCUT2D eigenvalue weighted by molar-refractivity contribution is 0.164. The first kappa shape index (κ1) is 17.6. The molecule has 4 nitrogen and oxygen atoms in total. The summed E-state index contributed by atoms with van der Waals surface area (Å²) in [5.41, 5.74) is 1.88. The van der Waals surface area contributed by atoms with Gasteiger partial charge < -0.3 is 4.84 Å². The van der Waals surface area contributed by atoms with Gasteiger partial charge in [0.25, 0.3) is 0 Å². The van der Waals surface area contributed by atoms with Gasteiger partial charge in [-0.3, -0.25) is 0 Å². The van der Waals surface area contributed by atoms with Crippen molar-refractivity contribution < 1.29 is 14.0 Å². The summed E-state index contributed by atoms with van der Waals surface area (Å²) in [5, 5.41) is 2.18. The molecule has 7 heteroatoms. The molecule has 1 aliphatic heterocycles. The second-order valence-corrected chi connectivity index (χ2v) is 6.73. The number of carbonyl (C=O) groups excluding carboxylic acids is 1. The van der Waals surface area contributed by atoms with E-state index in [1.807, 2.05) is 30.3 Å². The highest BCUT2D eigenvalue weighted by molar-refractivity contribution is 6.42. The van der Waals surface area contributed by atoms with E-state index in [1.54, 1.807) is 30.3 Å². The Kier molecular flexibility index (Phi) is 4.64. The van der Waals surface area contributed by atoms with Gasteiger partial charge in [-0.25, -0.2) is 14.1 Å². The maximum Gasteiger partial charge on any atom is 0.440 e. The fraction of sp³-hybridized carbons (Fsp3) is 0.0500. The Bertz CT molecular complexity index is 983. The molecule has 27 heavy (non-hydrogen) atoms. The molecule has 0 saturated carbocycles. The van der Waals surface area contributed by atoms with Crippen LogP contribution in [0.1, 0.15) is 11.7 Å². The quantitative estimate of drug-likeness (QED) is 0.521. The van der Waals surface area contributed by atoms with Crippen molar-refractivity contribution >= 4 is 40.7 Å². The number of halogens is 3. The monoisotopic (exact) mass is 402 g/mol. The van der Waals surface area contributed by atoms with Gasteiger partial charge >= 0.3 is 6.09 Å². The van der Waals surface area contributed by atoms with Crippen molar-refractivity contribution in [2.24, 2.45) is 0 Å². The van der Waals surface area contributed by atoms with Gasteiger partial charge in [-0.15, -0.1) is 0 Å². The maximum atomic E-state index is 13.4. The zero-order valence-corrected chi connectivity index (χ0v) is 15.4. The fourth-order valence-corrected chi connectivity index (χ4v) is 3.24. The average Bonchev–Trinajstić information content (AvgIpc) is 3.02. The molecule has 3 aromatic carbocycles. The number of rotatable bonds is 3. The van der Waals surface area contributed by atoms with Gasteiger partial charge in [-0.1, -0.05) is 53.5 Å². The van der Waals surface area contributed by atoms with Crippen molar-refractivity contribution in [1.29, 1.82) is 0 Å². The van der Waals surface area contributed by atoms with Crippen molar-refractivity contribution in [1.82, 2.24) is 0 Å². The standard InChI is InChI=1S/C20H13Cl2FN2O2/c21-17-11-10-16(12-18(17)22)24-19(13-6-8-14(23)9-7-13)25(27-20(24)26)15-4-2-1-3-5-15/h1-12,19H/t19-/m1/s1. The van der Waals surface area contributed by atoms with Crippen LogP contribution in [0.25, 0.3) is 0 Å². The molecule has 4 rings (SSSR count). The average molecular weight is 403 g/mol. The Balaban J connectivity index is 1.84. The first-order valence-corrected chi connectivity index (χ1v) is 8.86. The van der Waals surface area contributed by atoms with Crippen LogP contribution in [0.4, 0.5) is 20.6 Å². The molecule has 0 radical (unpaired) electrons. The molecule has 0 N–H and O–H groups in total. The number of nitrogens with zero attached hydrogens (tertiary/aromatic N) is 2. The number of anilines is 2. The minimum atomic E-state index is -0.641. The van der Waals surface area contributed by atoms with Gasteiger partial charge in [-0.05, 0) is 48.0 Å². The molecular formula is C20H13Cl2FN2O2. The number of carbonyl (C=O) groups is 1. The van der Waals surface area contributed by atoms with E-state index in [-0.39, 0.29) is 5.82 Å². The van der Waals surface area contributed by atoms with Crippen LogP contribution in [-0.4, -0.2) is 6.09 Å². The summed E-state index contributed by atoms with van der Waals surface area (Å²) >= 11 is 12.1. The normalized spacial score (nSPS) is 16.6. The molecule has 0 aromatic heterocycles. The molecule has 136 valence electrons. The van der Waals surface area contributed by atoms with Crippen LogP contribution in [0.15, 0.2) is 72.8 Å². The van der Waals surface area contributed by atoms with Crippen molar-refractivity contribution in [3.63, 3.8) is 0 Å². The summed E-state index contributed by atoms with van der Waals surface area (Å²) in [7, 11) is 0. The van der Waals surface area contributed by atoms with E-state index in [1.165, 1.54) is 22.1 Å². The van der Waals surface area contributed by atoms with Crippen LogP contribution in [-0.2, 0) is 4.84 Å². The van der Waals surface area contributed by atoms with E-state index in [0.29, 0.717) is 27.0 Å². The molecule has 0 bridgehead atoms. The van der Waals surface area contributed by atoms with E-state index in [0.717, 1.165) is 0 Å². The lowest BCUT2D eigenvalue weighted by Gasteiger charge is -2.27. The minimum absolute atomic E-state index is 0.318. The first-order chi connectivity index (χ1) is 13.0. The van der Waals surface area contributed by atoms with E-state index < -0.39 is 12.3 Å². The predicted octanol–water partition coefficient (Wildman–Crippen LogP) is 6.21. The highest BCUT2D eigenvalue weighted by Crippen LogP contribution is 2.40. The second kappa shape index (κ2) is 7.10. The van der Waals surface area contributed by atoms with Crippen LogP contribution in [0.2, 0.25) is 10.0 Å². The van der Waals surface area contributed by atoms with Crippen molar-refractivity contribution in [2.45, 2.75) is 6.17 Å². The molecule has 1 amide bonds. The smallest absolute Gasteiger partial charge is 0.319 e. The Morgan fingerprint density at radius 3 is 2.22 bits per heavy atom. The molecule has 1 aliphatic rings. The number of hydroxylamine groups is 1. The molecule has 1 saturated heterocycles. The summed E-state index contributed by atoms with van der Waals surface area (Å²) in [4.78, 5) is 19.7. The minimum Gasteiger partial charge on any atom is -0.319 e. The van der Waals surface area contributed by atoms with E-state index in [4.69, 9.17) is 28.0 Å². The van der Waals surface area contributed by atoms with Gasteiger partial charge in [0.15, 0.2) is 6.17 Å². The molecule has 0 unspecified atom stereocenters. The second-order valence-electron chi connectivity index (χ2n) is 5.91. The van der Waals surface area contributed by atoms with E-state index in [9.17, 15) is 9.18 Å². The highest BCUT2D eigenvalue weighted by atomic mass is 35.5. The summed E-state index contributed by atoms with van der Waals surface area (Å²) < 4.78 is 13.4. The predicted molar refractivity (Wildman–Crippen MR) is 103 cm³/mol. The van der Waals surface area contributed by atoms with Crippen LogP contribution in [0.3, 0.4) is 0 Å². The Labute approximate surface area is 165 Å². The largest absolute Gasteiger partial charge is 0.440 e. The van der Waals surface area contributed by atoms with Crippen LogP contribution in [0.5, 0.6) is 0 Å². The maximum absolute atomic E-state index is 13.4. The lowest BCUT2D eigenvalue weighted by atomic mass is 10.1. The number of benzene rings is 3. The van der Waals surface area contributed by atoms with Crippen LogP contribution < -0.4 is 9.96 Å². The summed E-state index contributed by atoms with van der Waals surface area (Å²) in [6, 6.07) is 20.0. The fourth-order valence-electron chi connectivity index (χ4n) is 2.95. The summed E-state index contributed by atoms with van der Waals surface area (Å²) in [6.07, 6.45) is -1.22. The van der Waals surface area contributed by atoms with Gasteiger partial charge in [0.2, 0.25) is 0 Å². The molecule has 3 aromatic rings. The topological polar surface area (TPSA) is 32.8 Å². The third kappa shape index (κ3) is 3.31. The van der Waals surface area contributed by atoms with Crippen molar-refractivity contribution in [2.75, 3.05) is 9.96 Å². The molecule has 0 aliphatic carbocycles. The third-order valence-corrected chi connectivity index (χ3v) is 4.94. The molecule has 1 fully saturated rings. The SMILES string of the molecule is O=C1ON(c2ccccc2)[C@H](c2ccc(F)cc2)N1c1ccc(Cl)c(Cl)c1. The highest BCUT2D eigenvalue weighted by Gasteiger charge is 2.43. The molecular weight excluding hydrogens is 390 g/mol. The Morgan fingerprint density at radius 2 is 1.56 bits per heavy atom. The van der Waals surface area contributed by atoms with Crippen molar-refractivity contribution in [3.05, 3.63) is 94.2 Å². The molecule has 1 atom stereocenters. The van der Waals surface area contributed by atoms with Gasteiger partial charge in [0, 0.05) is 0 Å². The van der Waals surface area contributed by atoms with Gasteiger partial charge in [0.05, 0.1) is 21.4 Å². The zero-order chi connectivity index (χ0) is 19.0. The Hall–Kier alpha value is -2.76. The molecule has 1 heterocycles. The van der Waals surface area contributed by atoms with Crippen LogP contribution in [0, 0.1) is 5.82 Å². The zero-order valence-electron chi connectivity index (χ0n) is 13.9. The summed E-state index contributed by atoms with van der Waals surface area (Å²) in [5.74, 6) is -0.364. The number of para-hydroxylation sites is 1. The first-order valence-electron chi connectivity index (χ1n) is 8.10. The summed E-state index contributed by atoms with van der Waals surface area (Å²) in [6.45, 7) is 0. The van der Waals surface area contributed by atoms with Gasteiger partial charge in [-0.2, -0.15) is 5.06 Å². The van der Waals surface area contributed by atoms with Gasteiger partial charge in [0.1, 0.15) is 5.82 Å². The third-order valence-electron chi connectivity index (χ3n) is 4.20. The number of amides is 1.